The molecule has 0 aliphatic carbocycles. The molecule has 1 aromatic carbocycles. The summed E-state index contributed by atoms with van der Waals surface area (Å²) in [6.45, 7) is 2.35. The Bertz CT molecular complexity index is 683. The molecule has 8 heteroatoms. The summed E-state index contributed by atoms with van der Waals surface area (Å²) in [5, 5.41) is 13.6. The van der Waals surface area contributed by atoms with Crippen LogP contribution in [0.1, 0.15) is 30.4 Å². The molecular formula is C17H26N6O2. The van der Waals surface area contributed by atoms with Gasteiger partial charge in [0, 0.05) is 13.6 Å². The van der Waals surface area contributed by atoms with Crippen LogP contribution >= 0.6 is 0 Å². The van der Waals surface area contributed by atoms with Crippen LogP contribution in [0.5, 0.6) is 5.75 Å². The SMILES string of the molecule is COc1ccc([C@H](CNC(=O)N[C@H](C)c2nncn2C)N(C)C)cc1. The smallest absolute Gasteiger partial charge is 0.315 e. The molecule has 136 valence electrons. The van der Waals surface area contributed by atoms with Crippen LogP contribution in [0, 0.1) is 0 Å². The first kappa shape index (κ1) is 18.7. The summed E-state index contributed by atoms with van der Waals surface area (Å²) in [4.78, 5) is 14.3. The number of ether oxygens (including phenoxy) is 1. The van der Waals surface area contributed by atoms with Gasteiger partial charge in [-0.2, -0.15) is 0 Å². The van der Waals surface area contributed by atoms with Crippen LogP contribution in [0.25, 0.3) is 0 Å². The topological polar surface area (TPSA) is 84.3 Å². The van der Waals surface area contributed by atoms with Crippen molar-refractivity contribution in [1.29, 1.82) is 0 Å². The van der Waals surface area contributed by atoms with Crippen molar-refractivity contribution >= 4 is 6.03 Å². The highest BCUT2D eigenvalue weighted by atomic mass is 16.5. The van der Waals surface area contributed by atoms with Crippen molar-refractivity contribution in [2.24, 2.45) is 7.05 Å². The number of aromatic nitrogens is 3. The van der Waals surface area contributed by atoms with Gasteiger partial charge in [-0.05, 0) is 38.7 Å². The summed E-state index contributed by atoms with van der Waals surface area (Å²) < 4.78 is 6.97. The highest BCUT2D eigenvalue weighted by Crippen LogP contribution is 2.20. The van der Waals surface area contributed by atoms with Crippen molar-refractivity contribution in [3.63, 3.8) is 0 Å². The summed E-state index contributed by atoms with van der Waals surface area (Å²) in [6, 6.07) is 7.43. The number of likely N-dealkylation sites (N-methyl/N-ethyl adjacent to an activating group) is 1. The second kappa shape index (κ2) is 8.48. The monoisotopic (exact) mass is 346 g/mol. The molecular weight excluding hydrogens is 320 g/mol. The zero-order valence-electron chi connectivity index (χ0n) is 15.4. The quantitative estimate of drug-likeness (QED) is 0.793. The van der Waals surface area contributed by atoms with Crippen molar-refractivity contribution in [2.75, 3.05) is 27.7 Å². The van der Waals surface area contributed by atoms with E-state index >= 15 is 0 Å². The van der Waals surface area contributed by atoms with Crippen LogP contribution < -0.4 is 15.4 Å². The number of nitrogens with zero attached hydrogens (tertiary/aromatic N) is 4. The van der Waals surface area contributed by atoms with E-state index in [1.807, 2.05) is 52.3 Å². The molecule has 1 heterocycles. The fourth-order valence-corrected chi connectivity index (χ4v) is 2.61. The summed E-state index contributed by atoms with van der Waals surface area (Å²) in [6.07, 6.45) is 1.61. The maximum atomic E-state index is 12.2. The van der Waals surface area contributed by atoms with Gasteiger partial charge in [0.2, 0.25) is 0 Å². The molecule has 0 spiro atoms. The highest BCUT2D eigenvalue weighted by molar-refractivity contribution is 5.74. The molecule has 1 aromatic heterocycles. The molecule has 2 rings (SSSR count). The van der Waals surface area contributed by atoms with E-state index < -0.39 is 0 Å². The fourth-order valence-electron chi connectivity index (χ4n) is 2.61. The Morgan fingerprint density at radius 2 is 2.00 bits per heavy atom. The number of amides is 2. The standard InChI is InChI=1S/C17H26N6O2/c1-12(16-21-19-11-23(16)4)20-17(24)18-10-15(22(2)3)13-6-8-14(25-5)9-7-13/h6-9,11-12,15H,10H2,1-5H3,(H2,18,20,24)/t12-,15+/m1/s1. The summed E-state index contributed by atoms with van der Waals surface area (Å²) in [7, 11) is 7.45. The molecule has 2 amide bonds. The third kappa shape index (κ3) is 4.93. The van der Waals surface area contributed by atoms with Crippen molar-refractivity contribution in [3.05, 3.63) is 42.0 Å². The van der Waals surface area contributed by atoms with Crippen molar-refractivity contribution in [1.82, 2.24) is 30.3 Å². The van der Waals surface area contributed by atoms with Crippen molar-refractivity contribution in [3.8, 4) is 5.75 Å². The van der Waals surface area contributed by atoms with E-state index in [0.29, 0.717) is 12.4 Å². The first-order valence-corrected chi connectivity index (χ1v) is 8.11. The molecule has 0 saturated heterocycles. The number of urea groups is 1. The molecule has 2 N–H and O–H groups in total. The summed E-state index contributed by atoms with van der Waals surface area (Å²) in [5.41, 5.74) is 1.10. The summed E-state index contributed by atoms with van der Waals surface area (Å²) in [5.74, 6) is 1.51. The molecule has 0 saturated carbocycles. The van der Waals surface area contributed by atoms with E-state index in [-0.39, 0.29) is 18.1 Å². The Morgan fingerprint density at radius 1 is 1.32 bits per heavy atom. The maximum Gasteiger partial charge on any atom is 0.315 e. The lowest BCUT2D eigenvalue weighted by molar-refractivity contribution is 0.229. The molecule has 8 nitrogen and oxygen atoms in total. The molecule has 0 aliphatic rings. The number of rotatable bonds is 7. The average molecular weight is 346 g/mol. The Hall–Kier alpha value is -2.61. The van der Waals surface area contributed by atoms with Gasteiger partial charge in [-0.15, -0.1) is 10.2 Å². The molecule has 0 fully saturated rings. The minimum absolute atomic E-state index is 0.0572. The van der Waals surface area contributed by atoms with E-state index in [0.717, 1.165) is 11.3 Å². The lowest BCUT2D eigenvalue weighted by Gasteiger charge is -2.25. The van der Waals surface area contributed by atoms with Crippen LogP contribution in [0.15, 0.2) is 30.6 Å². The van der Waals surface area contributed by atoms with E-state index in [1.165, 1.54) is 0 Å². The fraction of sp³-hybridized carbons (Fsp3) is 0.471. The lowest BCUT2D eigenvalue weighted by Crippen LogP contribution is -2.41. The van der Waals surface area contributed by atoms with Gasteiger partial charge in [-0.1, -0.05) is 12.1 Å². The number of carbonyl (C=O) groups is 1. The van der Waals surface area contributed by atoms with E-state index in [4.69, 9.17) is 4.74 Å². The molecule has 0 radical (unpaired) electrons. The predicted octanol–water partition coefficient (Wildman–Crippen LogP) is 1.49. The predicted molar refractivity (Wildman–Crippen MR) is 95.4 cm³/mol. The van der Waals surface area contributed by atoms with Gasteiger partial charge in [0.25, 0.3) is 0 Å². The molecule has 0 bridgehead atoms. The normalized spacial score (nSPS) is 13.4. The number of nitrogens with one attached hydrogen (secondary N) is 2. The van der Waals surface area contributed by atoms with Crippen molar-refractivity contribution in [2.45, 2.75) is 19.0 Å². The average Bonchev–Trinajstić information content (AvgIpc) is 3.01. The number of hydrogen-bond acceptors (Lipinski definition) is 5. The molecule has 0 unspecified atom stereocenters. The van der Waals surface area contributed by atoms with Gasteiger partial charge in [-0.25, -0.2) is 4.79 Å². The molecule has 25 heavy (non-hydrogen) atoms. The zero-order chi connectivity index (χ0) is 18.4. The van der Waals surface area contributed by atoms with Gasteiger partial charge in [0.15, 0.2) is 5.82 Å². The number of benzene rings is 1. The minimum atomic E-state index is -0.240. The number of methoxy groups -OCH3 is 1. The number of hydrogen-bond donors (Lipinski definition) is 2. The van der Waals surface area contributed by atoms with Gasteiger partial charge in [0.05, 0.1) is 19.2 Å². The third-order valence-electron chi connectivity index (χ3n) is 4.06. The van der Waals surface area contributed by atoms with Crippen LogP contribution in [0.2, 0.25) is 0 Å². The van der Waals surface area contributed by atoms with Crippen LogP contribution in [-0.2, 0) is 7.05 Å². The van der Waals surface area contributed by atoms with E-state index in [9.17, 15) is 4.79 Å². The largest absolute Gasteiger partial charge is 0.497 e. The minimum Gasteiger partial charge on any atom is -0.497 e. The Balaban J connectivity index is 1.93. The molecule has 2 aromatic rings. The van der Waals surface area contributed by atoms with E-state index in [2.05, 4.69) is 25.7 Å². The Morgan fingerprint density at radius 3 is 2.52 bits per heavy atom. The molecule has 0 aliphatic heterocycles. The van der Waals surface area contributed by atoms with Crippen molar-refractivity contribution < 1.29 is 9.53 Å². The first-order chi connectivity index (χ1) is 11.9. The number of aryl methyl sites for hydroxylation is 1. The van der Waals surface area contributed by atoms with Crippen LogP contribution in [-0.4, -0.2) is 53.4 Å². The third-order valence-corrected chi connectivity index (χ3v) is 4.06. The van der Waals surface area contributed by atoms with Gasteiger partial charge >= 0.3 is 6.03 Å². The number of carbonyl (C=O) groups excluding carboxylic acids is 1. The van der Waals surface area contributed by atoms with Gasteiger partial charge in [0.1, 0.15) is 12.1 Å². The van der Waals surface area contributed by atoms with E-state index in [1.54, 1.807) is 18.0 Å². The maximum absolute atomic E-state index is 12.2. The lowest BCUT2D eigenvalue weighted by atomic mass is 10.1. The van der Waals surface area contributed by atoms with Crippen LogP contribution in [0.4, 0.5) is 4.79 Å². The second-order valence-corrected chi connectivity index (χ2v) is 6.13. The van der Waals surface area contributed by atoms with Crippen LogP contribution in [0.3, 0.4) is 0 Å². The Labute approximate surface area is 148 Å². The second-order valence-electron chi connectivity index (χ2n) is 6.13. The van der Waals surface area contributed by atoms with Gasteiger partial charge in [-0.3, -0.25) is 0 Å². The van der Waals surface area contributed by atoms with Gasteiger partial charge < -0.3 is 24.8 Å². The summed E-state index contributed by atoms with van der Waals surface area (Å²) >= 11 is 0. The molecule has 2 atom stereocenters. The Kier molecular flexibility index (Phi) is 6.35. The zero-order valence-corrected chi connectivity index (χ0v) is 15.4. The first-order valence-electron chi connectivity index (χ1n) is 8.11. The highest BCUT2D eigenvalue weighted by Gasteiger charge is 2.18.